The van der Waals surface area contributed by atoms with Crippen LogP contribution < -0.4 is 18.9 Å². The van der Waals surface area contributed by atoms with E-state index in [0.717, 1.165) is 0 Å². The zero-order valence-electron chi connectivity index (χ0n) is 35.3. The number of ether oxygens (including phenoxy) is 6. The maximum atomic E-state index is 13.5. The van der Waals surface area contributed by atoms with Gasteiger partial charge in [0.15, 0.2) is 0 Å². The highest BCUT2D eigenvalue weighted by Crippen LogP contribution is 2.42. The molecule has 0 saturated heterocycles. The molecule has 14 nitrogen and oxygen atoms in total. The Morgan fingerprint density at radius 2 is 0.683 bits per heavy atom. The number of nitro groups is 2. The minimum absolute atomic E-state index is 0.0414. The van der Waals surface area contributed by atoms with Gasteiger partial charge in [-0.3, -0.25) is 20.2 Å². The Hall–Kier alpha value is -6.18. The molecule has 0 aromatic heterocycles. The van der Waals surface area contributed by atoms with Gasteiger partial charge in [0.1, 0.15) is 23.0 Å². The van der Waals surface area contributed by atoms with E-state index < -0.39 is 21.8 Å². The van der Waals surface area contributed by atoms with Crippen molar-refractivity contribution in [3.63, 3.8) is 0 Å². The molecule has 320 valence electrons. The van der Waals surface area contributed by atoms with Gasteiger partial charge in [0.05, 0.1) is 60.6 Å². The van der Waals surface area contributed by atoms with Crippen molar-refractivity contribution in [2.75, 3.05) is 39.6 Å². The maximum Gasteiger partial charge on any atom is 0.338 e. The lowest BCUT2D eigenvalue weighted by Gasteiger charge is -2.23. The molecular formula is C46H54N2O12. The van der Waals surface area contributed by atoms with Crippen LogP contribution in [-0.4, -0.2) is 61.4 Å². The first-order valence-corrected chi connectivity index (χ1v) is 20.7. The van der Waals surface area contributed by atoms with Gasteiger partial charge in [0.2, 0.25) is 0 Å². The van der Waals surface area contributed by atoms with Crippen molar-refractivity contribution in [3.8, 4) is 23.0 Å². The van der Waals surface area contributed by atoms with Crippen LogP contribution in [0.15, 0.2) is 48.5 Å². The van der Waals surface area contributed by atoms with E-state index in [9.17, 15) is 29.8 Å². The fourth-order valence-corrected chi connectivity index (χ4v) is 7.29. The highest BCUT2D eigenvalue weighted by atomic mass is 16.6. The van der Waals surface area contributed by atoms with Gasteiger partial charge in [-0.25, -0.2) is 9.59 Å². The first-order chi connectivity index (χ1) is 29.0. The molecule has 0 fully saturated rings. The summed E-state index contributed by atoms with van der Waals surface area (Å²) >= 11 is 0. The second kappa shape index (κ2) is 21.2. The van der Waals surface area contributed by atoms with E-state index >= 15 is 0 Å². The lowest BCUT2D eigenvalue weighted by atomic mass is 9.89. The van der Waals surface area contributed by atoms with E-state index in [1.807, 2.05) is 27.7 Å². The summed E-state index contributed by atoms with van der Waals surface area (Å²) in [6.07, 6.45) is 2.73. The molecule has 0 spiro atoms. The molecule has 4 aromatic rings. The van der Waals surface area contributed by atoms with Crippen LogP contribution >= 0.6 is 0 Å². The fourth-order valence-electron chi connectivity index (χ4n) is 7.29. The van der Waals surface area contributed by atoms with Crippen molar-refractivity contribution in [2.24, 2.45) is 0 Å². The molecule has 0 unspecified atom stereocenters. The number of rotatable bonds is 18. The number of nitro benzene ring substituents is 2. The summed E-state index contributed by atoms with van der Waals surface area (Å²) in [5.41, 5.74) is 4.07. The molecule has 0 amide bonds. The Balaban J connectivity index is 1.98. The maximum absolute atomic E-state index is 13.5. The van der Waals surface area contributed by atoms with E-state index in [1.165, 1.54) is 24.3 Å². The topological polar surface area (TPSA) is 176 Å². The van der Waals surface area contributed by atoms with Gasteiger partial charge in [-0.15, -0.1) is 0 Å². The third kappa shape index (κ3) is 10.7. The number of nitrogens with zero attached hydrogens (tertiary/aromatic N) is 2. The first-order valence-electron chi connectivity index (χ1n) is 20.7. The summed E-state index contributed by atoms with van der Waals surface area (Å²) < 4.78 is 36.8. The molecule has 0 aliphatic heterocycles. The number of non-ortho nitro benzene ring substituents is 2. The van der Waals surface area contributed by atoms with Crippen LogP contribution in [0.5, 0.6) is 23.0 Å². The molecule has 4 aromatic carbocycles. The summed E-state index contributed by atoms with van der Waals surface area (Å²) in [6, 6.07) is 12.5. The Labute approximate surface area is 350 Å². The average molecular weight is 827 g/mol. The van der Waals surface area contributed by atoms with Crippen molar-refractivity contribution >= 4 is 23.3 Å². The minimum Gasteiger partial charge on any atom is -0.493 e. The van der Waals surface area contributed by atoms with Crippen LogP contribution in [0.1, 0.15) is 132 Å². The van der Waals surface area contributed by atoms with Gasteiger partial charge < -0.3 is 28.4 Å². The van der Waals surface area contributed by atoms with Crippen LogP contribution in [0.4, 0.5) is 11.4 Å². The standard InChI is InChI=1S/C46H54N2O12/c1-7-13-57-41-29-17-33-25-39(47(51)52)27-35(43(33)59-15-9-3)19-31-23-38(46(50)56-12-6)24-32(42(31)58-14-8-2)20-36-28-40(48(53)54)26-34(44(36)60-16-10-4)18-30(41)22-37(21-29)45(49)55-11-5/h21-28H,7-20H2,1-6H3. The summed E-state index contributed by atoms with van der Waals surface area (Å²) in [5.74, 6) is 0.521. The molecule has 1 aliphatic rings. The molecule has 0 heterocycles. The van der Waals surface area contributed by atoms with Crippen molar-refractivity contribution in [1.82, 2.24) is 0 Å². The van der Waals surface area contributed by atoms with Gasteiger partial charge in [0, 0.05) is 72.2 Å². The molecule has 60 heavy (non-hydrogen) atoms. The summed E-state index contributed by atoms with van der Waals surface area (Å²) in [4.78, 5) is 51.4. The van der Waals surface area contributed by atoms with Crippen molar-refractivity contribution in [3.05, 3.63) is 124 Å². The lowest BCUT2D eigenvalue weighted by molar-refractivity contribution is -0.385. The third-order valence-electron chi connectivity index (χ3n) is 9.71. The van der Waals surface area contributed by atoms with E-state index in [0.29, 0.717) is 120 Å². The number of carbonyl (C=O) groups is 2. The predicted molar refractivity (Wildman–Crippen MR) is 225 cm³/mol. The van der Waals surface area contributed by atoms with Crippen LogP contribution in [0.3, 0.4) is 0 Å². The Morgan fingerprint density at radius 1 is 0.450 bits per heavy atom. The van der Waals surface area contributed by atoms with Crippen molar-refractivity contribution in [2.45, 2.75) is 92.9 Å². The number of fused-ring (bicyclic) bond motifs is 8. The third-order valence-corrected chi connectivity index (χ3v) is 9.71. The molecule has 1 aliphatic carbocycles. The smallest absolute Gasteiger partial charge is 0.338 e. The second-order valence-corrected chi connectivity index (χ2v) is 14.5. The molecule has 0 N–H and O–H groups in total. The molecule has 0 saturated carbocycles. The first kappa shape index (κ1) is 44.9. The van der Waals surface area contributed by atoms with Crippen molar-refractivity contribution in [1.29, 1.82) is 0 Å². The zero-order chi connectivity index (χ0) is 43.3. The Bertz CT molecular complexity index is 1960. The largest absolute Gasteiger partial charge is 0.493 e. The molecule has 0 atom stereocenters. The highest BCUT2D eigenvalue weighted by molar-refractivity contribution is 5.91. The number of carbonyl (C=O) groups excluding carboxylic acids is 2. The lowest BCUT2D eigenvalue weighted by Crippen LogP contribution is -2.13. The molecule has 14 heteroatoms. The van der Waals surface area contributed by atoms with Gasteiger partial charge in [-0.1, -0.05) is 27.7 Å². The van der Waals surface area contributed by atoms with Gasteiger partial charge in [-0.05, 0) is 86.1 Å². The predicted octanol–water partition coefficient (Wildman–Crippen LogP) is 9.69. The molecule has 8 bridgehead atoms. The Morgan fingerprint density at radius 3 is 0.883 bits per heavy atom. The molecule has 0 radical (unpaired) electrons. The minimum atomic E-state index is -0.587. The number of hydrogen-bond donors (Lipinski definition) is 0. The summed E-state index contributed by atoms with van der Waals surface area (Å²) in [6.45, 7) is 12.7. The summed E-state index contributed by atoms with van der Waals surface area (Å²) in [7, 11) is 0. The monoisotopic (exact) mass is 826 g/mol. The van der Waals surface area contributed by atoms with E-state index in [2.05, 4.69) is 0 Å². The SMILES string of the molecule is CCCOc1c2cc(C(=O)OCC)cc1Cc1cc([N+](=O)[O-])cc(c1OCCC)Cc1cc(C(=O)OCC)cc(c1OCCC)Cc1cc([N+](=O)[O-])cc(c1OCCC)C2. The quantitative estimate of drug-likeness (QED) is 0.0465. The molecular weight excluding hydrogens is 773 g/mol. The van der Waals surface area contributed by atoms with E-state index in [4.69, 9.17) is 28.4 Å². The fraction of sp³-hybridized carbons (Fsp3) is 0.435. The highest BCUT2D eigenvalue weighted by Gasteiger charge is 2.28. The summed E-state index contributed by atoms with van der Waals surface area (Å²) in [5, 5.41) is 25.3. The van der Waals surface area contributed by atoms with Crippen LogP contribution in [0.25, 0.3) is 0 Å². The normalized spacial score (nSPS) is 12.0. The van der Waals surface area contributed by atoms with E-state index in [1.54, 1.807) is 38.1 Å². The van der Waals surface area contributed by atoms with E-state index in [-0.39, 0.29) is 61.4 Å². The van der Waals surface area contributed by atoms with Crippen LogP contribution in [0.2, 0.25) is 0 Å². The Kier molecular flexibility index (Phi) is 15.9. The second-order valence-electron chi connectivity index (χ2n) is 14.5. The molecule has 5 rings (SSSR count). The van der Waals surface area contributed by atoms with Gasteiger partial charge in [0.25, 0.3) is 11.4 Å². The van der Waals surface area contributed by atoms with Gasteiger partial charge >= 0.3 is 11.9 Å². The van der Waals surface area contributed by atoms with Crippen molar-refractivity contribution < 1.29 is 47.9 Å². The van der Waals surface area contributed by atoms with Crippen LogP contribution in [-0.2, 0) is 35.2 Å². The van der Waals surface area contributed by atoms with Gasteiger partial charge in [-0.2, -0.15) is 0 Å². The number of hydrogen-bond acceptors (Lipinski definition) is 12. The number of benzene rings is 4. The average Bonchev–Trinajstić information content (AvgIpc) is 3.21. The zero-order valence-corrected chi connectivity index (χ0v) is 35.3. The van der Waals surface area contributed by atoms with Crippen LogP contribution in [0, 0.1) is 20.2 Å². The number of esters is 2.